The molecular weight excluding hydrogens is 298 g/mol. The molecule has 20 heavy (non-hydrogen) atoms. The van der Waals surface area contributed by atoms with E-state index in [0.29, 0.717) is 15.3 Å². The number of aromatic nitrogens is 1. The minimum absolute atomic E-state index is 0.0289. The first-order valence-corrected chi connectivity index (χ1v) is 8.64. The molecule has 0 saturated carbocycles. The molecule has 0 unspecified atom stereocenters. The highest BCUT2D eigenvalue weighted by atomic mass is 32.2. The first-order valence-electron chi connectivity index (χ1n) is 5.94. The van der Waals surface area contributed by atoms with Crippen LogP contribution in [0.1, 0.15) is 13.8 Å². The summed E-state index contributed by atoms with van der Waals surface area (Å²) in [4.78, 5) is 16.1. The molecular formula is C12H15N3O3S2. The van der Waals surface area contributed by atoms with Gasteiger partial charge in [-0.15, -0.1) is 0 Å². The molecule has 2 N–H and O–H groups in total. The second kappa shape index (κ2) is 5.37. The number of nitrogens with one attached hydrogen (secondary N) is 2. The molecule has 2 amide bonds. The van der Waals surface area contributed by atoms with Gasteiger partial charge in [-0.1, -0.05) is 11.3 Å². The van der Waals surface area contributed by atoms with Gasteiger partial charge in [0.05, 0.1) is 15.1 Å². The van der Waals surface area contributed by atoms with Crippen LogP contribution in [0.3, 0.4) is 0 Å². The van der Waals surface area contributed by atoms with E-state index in [0.717, 1.165) is 6.26 Å². The fourth-order valence-corrected chi connectivity index (χ4v) is 3.21. The zero-order valence-corrected chi connectivity index (χ0v) is 12.9. The lowest BCUT2D eigenvalue weighted by Crippen LogP contribution is -2.34. The molecule has 0 spiro atoms. The Morgan fingerprint density at radius 1 is 1.35 bits per heavy atom. The second-order valence-corrected chi connectivity index (χ2v) is 7.72. The van der Waals surface area contributed by atoms with Crippen LogP contribution in [0.5, 0.6) is 0 Å². The molecule has 0 fully saturated rings. The van der Waals surface area contributed by atoms with E-state index in [4.69, 9.17) is 0 Å². The van der Waals surface area contributed by atoms with E-state index in [-0.39, 0.29) is 17.0 Å². The van der Waals surface area contributed by atoms with Crippen molar-refractivity contribution in [2.24, 2.45) is 0 Å². The Labute approximate surface area is 121 Å². The maximum absolute atomic E-state index is 11.6. The second-order valence-electron chi connectivity index (χ2n) is 4.67. The van der Waals surface area contributed by atoms with Gasteiger partial charge < -0.3 is 5.32 Å². The number of anilines is 1. The van der Waals surface area contributed by atoms with Gasteiger partial charge in [0.25, 0.3) is 0 Å². The predicted octanol–water partition coefficient (Wildman–Crippen LogP) is 2.23. The number of hydrogen-bond donors (Lipinski definition) is 2. The average molecular weight is 313 g/mol. The van der Waals surface area contributed by atoms with Gasteiger partial charge in [-0.05, 0) is 32.0 Å². The van der Waals surface area contributed by atoms with Crippen LogP contribution in [0.15, 0.2) is 23.1 Å². The number of nitrogens with zero attached hydrogens (tertiary/aromatic N) is 1. The van der Waals surface area contributed by atoms with Gasteiger partial charge in [-0.2, -0.15) is 0 Å². The monoisotopic (exact) mass is 313 g/mol. The highest BCUT2D eigenvalue weighted by molar-refractivity contribution is 7.90. The van der Waals surface area contributed by atoms with Gasteiger partial charge in [0.1, 0.15) is 0 Å². The minimum Gasteiger partial charge on any atom is -0.336 e. The number of thiazole rings is 1. The van der Waals surface area contributed by atoms with Crippen LogP contribution in [-0.2, 0) is 9.84 Å². The van der Waals surface area contributed by atoms with Crippen LogP contribution in [0.2, 0.25) is 0 Å². The standard InChI is InChI=1S/C12H15N3O3S2/c1-7(2)13-11(16)15-12-14-9-5-4-8(20(3,17)18)6-10(9)19-12/h4-7H,1-3H3,(H2,13,14,15,16). The molecule has 0 radical (unpaired) electrons. The quantitative estimate of drug-likeness (QED) is 0.909. The predicted molar refractivity (Wildman–Crippen MR) is 80.0 cm³/mol. The number of carbonyl (C=O) groups is 1. The van der Waals surface area contributed by atoms with E-state index in [9.17, 15) is 13.2 Å². The molecule has 0 aliphatic heterocycles. The summed E-state index contributed by atoms with van der Waals surface area (Å²) in [6, 6.07) is 4.40. The van der Waals surface area contributed by atoms with Gasteiger partial charge in [0.2, 0.25) is 0 Å². The normalized spacial score (nSPS) is 11.8. The lowest BCUT2D eigenvalue weighted by atomic mass is 10.3. The Morgan fingerprint density at radius 2 is 2.05 bits per heavy atom. The average Bonchev–Trinajstić information content (AvgIpc) is 2.66. The molecule has 2 rings (SSSR count). The van der Waals surface area contributed by atoms with Gasteiger partial charge in [-0.25, -0.2) is 18.2 Å². The number of urea groups is 1. The zero-order chi connectivity index (χ0) is 14.9. The smallest absolute Gasteiger partial charge is 0.321 e. The van der Waals surface area contributed by atoms with E-state index in [1.807, 2.05) is 13.8 Å². The van der Waals surface area contributed by atoms with Crippen LogP contribution in [0.25, 0.3) is 10.2 Å². The molecule has 108 valence electrons. The van der Waals surface area contributed by atoms with Gasteiger partial charge in [0.15, 0.2) is 15.0 Å². The molecule has 0 aliphatic carbocycles. The van der Waals surface area contributed by atoms with Crippen molar-refractivity contribution < 1.29 is 13.2 Å². The lowest BCUT2D eigenvalue weighted by Gasteiger charge is -2.07. The fraction of sp³-hybridized carbons (Fsp3) is 0.333. The summed E-state index contributed by atoms with van der Waals surface area (Å²) < 4.78 is 23.7. The van der Waals surface area contributed by atoms with Crippen LogP contribution in [-0.4, -0.2) is 31.7 Å². The molecule has 1 aromatic heterocycles. The Balaban J connectivity index is 2.28. The van der Waals surface area contributed by atoms with Crippen molar-refractivity contribution in [2.75, 3.05) is 11.6 Å². The van der Waals surface area contributed by atoms with Gasteiger partial charge >= 0.3 is 6.03 Å². The number of rotatable bonds is 3. The number of sulfone groups is 1. The molecule has 0 bridgehead atoms. The third-order valence-corrected chi connectivity index (χ3v) is 4.47. The van der Waals surface area contributed by atoms with Crippen LogP contribution >= 0.6 is 11.3 Å². The lowest BCUT2D eigenvalue weighted by molar-refractivity contribution is 0.250. The molecule has 2 aromatic rings. The van der Waals surface area contributed by atoms with Gasteiger partial charge in [-0.3, -0.25) is 5.32 Å². The summed E-state index contributed by atoms with van der Waals surface area (Å²) in [5.74, 6) is 0. The molecule has 0 aliphatic rings. The molecule has 1 heterocycles. The molecule has 6 nitrogen and oxygen atoms in total. The number of amides is 2. The maximum Gasteiger partial charge on any atom is 0.321 e. The Morgan fingerprint density at radius 3 is 2.65 bits per heavy atom. The SMILES string of the molecule is CC(C)NC(=O)Nc1nc2ccc(S(C)(=O)=O)cc2s1. The first-order chi connectivity index (χ1) is 9.25. The Bertz CT molecular complexity index is 750. The Kier molecular flexibility index (Phi) is 3.96. The van der Waals surface area contributed by atoms with Crippen molar-refractivity contribution in [1.29, 1.82) is 0 Å². The Hall–Kier alpha value is -1.67. The van der Waals surface area contributed by atoms with Crippen molar-refractivity contribution in [1.82, 2.24) is 10.3 Å². The summed E-state index contributed by atoms with van der Waals surface area (Å²) in [6.07, 6.45) is 1.16. The summed E-state index contributed by atoms with van der Waals surface area (Å²) in [5.41, 5.74) is 0.655. The van der Waals surface area contributed by atoms with E-state index in [2.05, 4.69) is 15.6 Å². The largest absolute Gasteiger partial charge is 0.336 e. The van der Waals surface area contributed by atoms with E-state index in [1.165, 1.54) is 17.4 Å². The van der Waals surface area contributed by atoms with Crippen LogP contribution in [0, 0.1) is 0 Å². The number of carbonyl (C=O) groups excluding carboxylic acids is 1. The minimum atomic E-state index is -3.24. The first kappa shape index (κ1) is 14.7. The molecule has 0 atom stereocenters. The summed E-state index contributed by atoms with van der Waals surface area (Å²) >= 11 is 1.24. The van der Waals surface area contributed by atoms with E-state index < -0.39 is 9.84 Å². The summed E-state index contributed by atoms with van der Waals surface area (Å²) in [5, 5.41) is 5.75. The maximum atomic E-state index is 11.6. The number of fused-ring (bicyclic) bond motifs is 1. The third-order valence-electron chi connectivity index (χ3n) is 2.43. The topological polar surface area (TPSA) is 88.2 Å². The summed E-state index contributed by atoms with van der Waals surface area (Å²) in [7, 11) is -3.24. The van der Waals surface area contributed by atoms with Crippen molar-refractivity contribution in [3.8, 4) is 0 Å². The number of hydrogen-bond acceptors (Lipinski definition) is 5. The summed E-state index contributed by atoms with van der Waals surface area (Å²) in [6.45, 7) is 3.71. The van der Waals surface area contributed by atoms with Crippen molar-refractivity contribution >= 4 is 42.6 Å². The third kappa shape index (κ3) is 3.45. The number of benzene rings is 1. The molecule has 8 heteroatoms. The van der Waals surface area contributed by atoms with Crippen molar-refractivity contribution in [3.05, 3.63) is 18.2 Å². The van der Waals surface area contributed by atoms with Crippen LogP contribution in [0.4, 0.5) is 9.93 Å². The molecule has 1 aromatic carbocycles. The van der Waals surface area contributed by atoms with Crippen LogP contribution < -0.4 is 10.6 Å². The highest BCUT2D eigenvalue weighted by Crippen LogP contribution is 2.28. The van der Waals surface area contributed by atoms with Gasteiger partial charge in [0, 0.05) is 12.3 Å². The zero-order valence-electron chi connectivity index (χ0n) is 11.3. The van der Waals surface area contributed by atoms with Crippen molar-refractivity contribution in [3.63, 3.8) is 0 Å². The highest BCUT2D eigenvalue weighted by Gasteiger charge is 2.12. The molecule has 0 saturated heterocycles. The fourth-order valence-electron chi connectivity index (χ4n) is 1.58. The van der Waals surface area contributed by atoms with Crippen molar-refractivity contribution in [2.45, 2.75) is 24.8 Å². The van der Waals surface area contributed by atoms with E-state index >= 15 is 0 Å². The van der Waals surface area contributed by atoms with E-state index in [1.54, 1.807) is 12.1 Å².